The van der Waals surface area contributed by atoms with E-state index < -0.39 is 17.8 Å². The molecule has 1 aromatic rings. The molecule has 0 bridgehead atoms. The lowest BCUT2D eigenvalue weighted by molar-refractivity contribution is -0.146. The first kappa shape index (κ1) is 15.5. The smallest absolute Gasteiger partial charge is 0.307 e. The molecule has 5 heteroatoms. The van der Waals surface area contributed by atoms with Crippen LogP contribution in [-0.2, 0) is 16.0 Å². The van der Waals surface area contributed by atoms with Gasteiger partial charge in [-0.15, -0.1) is 0 Å². The van der Waals surface area contributed by atoms with E-state index in [1.165, 1.54) is 0 Å². The minimum atomic E-state index is -0.906. The third-order valence-electron chi connectivity index (χ3n) is 4.06. The van der Waals surface area contributed by atoms with Crippen molar-refractivity contribution in [2.45, 2.75) is 31.7 Å². The summed E-state index contributed by atoms with van der Waals surface area (Å²) in [6, 6.07) is 9.21. The average Bonchev–Trinajstić information content (AvgIpc) is 2.97. The Morgan fingerprint density at radius 1 is 1.19 bits per heavy atom. The fourth-order valence-electron chi connectivity index (χ4n) is 2.94. The van der Waals surface area contributed by atoms with Crippen molar-refractivity contribution in [2.75, 3.05) is 6.61 Å². The normalized spacial score (nSPS) is 22.7. The van der Waals surface area contributed by atoms with E-state index in [2.05, 4.69) is 5.32 Å². The molecule has 0 heterocycles. The molecule has 0 spiro atoms. The van der Waals surface area contributed by atoms with Crippen molar-refractivity contribution in [1.29, 1.82) is 0 Å². The summed E-state index contributed by atoms with van der Waals surface area (Å²) in [5, 5.41) is 21.3. The number of carboxylic acids is 1. The summed E-state index contributed by atoms with van der Waals surface area (Å²) in [5.41, 5.74) is 1.03. The number of carbonyl (C=O) groups excluding carboxylic acids is 1. The molecule has 3 atom stereocenters. The number of nitrogens with one attached hydrogen (secondary N) is 1. The Morgan fingerprint density at radius 2 is 1.86 bits per heavy atom. The summed E-state index contributed by atoms with van der Waals surface area (Å²) < 4.78 is 0. The highest BCUT2D eigenvalue weighted by Crippen LogP contribution is 2.32. The van der Waals surface area contributed by atoms with Gasteiger partial charge in [0.2, 0.25) is 5.91 Å². The number of carboxylic acid groups (broad SMARTS) is 1. The van der Waals surface area contributed by atoms with Gasteiger partial charge in [0.1, 0.15) is 0 Å². The quantitative estimate of drug-likeness (QED) is 0.735. The third-order valence-corrected chi connectivity index (χ3v) is 4.06. The van der Waals surface area contributed by atoms with Gasteiger partial charge in [-0.05, 0) is 24.8 Å². The highest BCUT2D eigenvalue weighted by molar-refractivity contribution is 5.85. The molecule has 114 valence electrons. The Labute approximate surface area is 124 Å². The van der Waals surface area contributed by atoms with Crippen LogP contribution >= 0.6 is 0 Å². The Hall–Kier alpha value is -1.88. The van der Waals surface area contributed by atoms with Crippen molar-refractivity contribution >= 4 is 11.9 Å². The maximum atomic E-state index is 12.2. The summed E-state index contributed by atoms with van der Waals surface area (Å²) in [6.45, 7) is -0.162. The summed E-state index contributed by atoms with van der Waals surface area (Å²) >= 11 is 0. The molecule has 1 amide bonds. The highest BCUT2D eigenvalue weighted by Gasteiger charge is 2.38. The summed E-state index contributed by atoms with van der Waals surface area (Å²) in [5.74, 6) is -2.24. The molecule has 0 aromatic heterocycles. The van der Waals surface area contributed by atoms with Crippen LogP contribution in [0.4, 0.5) is 0 Å². The van der Waals surface area contributed by atoms with Crippen LogP contribution in [0.2, 0.25) is 0 Å². The monoisotopic (exact) mass is 291 g/mol. The first-order valence-electron chi connectivity index (χ1n) is 7.29. The number of aliphatic carboxylic acids is 1. The van der Waals surface area contributed by atoms with E-state index in [9.17, 15) is 14.7 Å². The summed E-state index contributed by atoms with van der Waals surface area (Å²) in [6.07, 6.45) is 2.45. The molecular formula is C16H21NO4. The topological polar surface area (TPSA) is 86.6 Å². The van der Waals surface area contributed by atoms with Crippen LogP contribution < -0.4 is 5.32 Å². The number of aliphatic hydroxyl groups is 1. The molecule has 3 N–H and O–H groups in total. The Morgan fingerprint density at radius 3 is 2.48 bits per heavy atom. The summed E-state index contributed by atoms with van der Waals surface area (Å²) in [4.78, 5) is 23.4. The fraction of sp³-hybridized carbons (Fsp3) is 0.500. The van der Waals surface area contributed by atoms with Gasteiger partial charge in [0.05, 0.1) is 24.5 Å². The molecule has 2 rings (SSSR count). The number of hydrogen-bond acceptors (Lipinski definition) is 3. The molecule has 1 aromatic carbocycles. The van der Waals surface area contributed by atoms with Gasteiger partial charge in [-0.2, -0.15) is 0 Å². The average molecular weight is 291 g/mol. The van der Waals surface area contributed by atoms with Gasteiger partial charge >= 0.3 is 5.97 Å². The van der Waals surface area contributed by atoms with Crippen molar-refractivity contribution in [2.24, 2.45) is 11.8 Å². The molecule has 1 aliphatic rings. The molecule has 0 radical (unpaired) electrons. The summed E-state index contributed by atoms with van der Waals surface area (Å²) in [7, 11) is 0. The second kappa shape index (κ2) is 7.22. The predicted octanol–water partition coefficient (Wildman–Crippen LogP) is 1.21. The molecule has 5 nitrogen and oxygen atoms in total. The predicted molar refractivity (Wildman–Crippen MR) is 77.6 cm³/mol. The first-order chi connectivity index (χ1) is 10.1. The Balaban J connectivity index is 1.95. The van der Waals surface area contributed by atoms with E-state index in [0.29, 0.717) is 19.3 Å². The molecular weight excluding hydrogens is 270 g/mol. The molecule has 2 unspecified atom stereocenters. The molecule has 0 aliphatic heterocycles. The first-order valence-corrected chi connectivity index (χ1v) is 7.29. The molecule has 0 saturated heterocycles. The minimum Gasteiger partial charge on any atom is -0.481 e. The lowest BCUT2D eigenvalue weighted by Gasteiger charge is -2.21. The molecule has 1 aliphatic carbocycles. The molecule has 1 fully saturated rings. The zero-order valence-corrected chi connectivity index (χ0v) is 11.9. The van der Waals surface area contributed by atoms with Gasteiger partial charge in [-0.25, -0.2) is 0 Å². The SMILES string of the molecule is O=C(O)C1CCCC1C(=O)N[C@@H](CO)Cc1ccccc1. The van der Waals surface area contributed by atoms with Gasteiger partial charge in [-0.3, -0.25) is 9.59 Å². The highest BCUT2D eigenvalue weighted by atomic mass is 16.4. The number of carbonyl (C=O) groups is 2. The van der Waals surface area contributed by atoms with Crippen LogP contribution in [0.15, 0.2) is 30.3 Å². The van der Waals surface area contributed by atoms with E-state index in [4.69, 9.17) is 5.11 Å². The lowest BCUT2D eigenvalue weighted by Crippen LogP contribution is -2.44. The number of hydrogen-bond donors (Lipinski definition) is 3. The van der Waals surface area contributed by atoms with Gasteiger partial charge in [-0.1, -0.05) is 36.8 Å². The molecule has 1 saturated carbocycles. The maximum Gasteiger partial charge on any atom is 0.307 e. The van der Waals surface area contributed by atoms with Crippen LogP contribution in [0, 0.1) is 11.8 Å². The van der Waals surface area contributed by atoms with Gasteiger partial charge in [0, 0.05) is 0 Å². The largest absolute Gasteiger partial charge is 0.481 e. The van der Waals surface area contributed by atoms with Crippen LogP contribution in [0.3, 0.4) is 0 Å². The number of benzene rings is 1. The van der Waals surface area contributed by atoms with Crippen molar-refractivity contribution in [3.63, 3.8) is 0 Å². The lowest BCUT2D eigenvalue weighted by atomic mass is 9.94. The Kier molecular flexibility index (Phi) is 5.33. The van der Waals surface area contributed by atoms with Gasteiger partial charge < -0.3 is 15.5 Å². The minimum absolute atomic E-state index is 0.162. The standard InChI is InChI=1S/C16H21NO4/c18-10-12(9-11-5-2-1-3-6-11)17-15(19)13-7-4-8-14(13)16(20)21/h1-3,5-6,12-14,18H,4,7-10H2,(H,17,19)(H,20,21)/t12-,13?,14?/m1/s1. The Bertz CT molecular complexity index is 488. The van der Waals surface area contributed by atoms with Crippen molar-refractivity contribution < 1.29 is 19.8 Å². The van der Waals surface area contributed by atoms with E-state index in [1.54, 1.807) is 0 Å². The second-order valence-corrected chi connectivity index (χ2v) is 5.56. The second-order valence-electron chi connectivity index (χ2n) is 5.56. The van der Waals surface area contributed by atoms with E-state index >= 15 is 0 Å². The number of amides is 1. The van der Waals surface area contributed by atoms with Crippen molar-refractivity contribution in [3.05, 3.63) is 35.9 Å². The third kappa shape index (κ3) is 4.04. The van der Waals surface area contributed by atoms with E-state index in [0.717, 1.165) is 12.0 Å². The van der Waals surface area contributed by atoms with Crippen LogP contribution in [0.5, 0.6) is 0 Å². The zero-order valence-electron chi connectivity index (χ0n) is 11.9. The number of aliphatic hydroxyl groups excluding tert-OH is 1. The molecule has 21 heavy (non-hydrogen) atoms. The zero-order chi connectivity index (χ0) is 15.2. The number of rotatable bonds is 6. The van der Waals surface area contributed by atoms with Crippen LogP contribution in [0.25, 0.3) is 0 Å². The fourth-order valence-corrected chi connectivity index (χ4v) is 2.94. The van der Waals surface area contributed by atoms with E-state index in [1.807, 2.05) is 30.3 Å². The van der Waals surface area contributed by atoms with Gasteiger partial charge in [0.15, 0.2) is 0 Å². The van der Waals surface area contributed by atoms with E-state index in [-0.39, 0.29) is 18.6 Å². The maximum absolute atomic E-state index is 12.2. The van der Waals surface area contributed by atoms with Crippen LogP contribution in [0.1, 0.15) is 24.8 Å². The van der Waals surface area contributed by atoms with Crippen molar-refractivity contribution in [3.8, 4) is 0 Å². The van der Waals surface area contributed by atoms with Crippen LogP contribution in [-0.4, -0.2) is 34.7 Å². The van der Waals surface area contributed by atoms with Crippen molar-refractivity contribution in [1.82, 2.24) is 5.32 Å². The van der Waals surface area contributed by atoms with Gasteiger partial charge in [0.25, 0.3) is 0 Å².